The Labute approximate surface area is 88.7 Å². The molecule has 0 atom stereocenters. The van der Waals surface area contributed by atoms with Gasteiger partial charge in [-0.25, -0.2) is 0 Å². The first kappa shape index (κ1) is 13.0. The van der Waals surface area contributed by atoms with Gasteiger partial charge in [0, 0.05) is 0 Å². The third-order valence-electron chi connectivity index (χ3n) is 2.23. The highest BCUT2D eigenvalue weighted by molar-refractivity contribution is 5.46. The van der Waals surface area contributed by atoms with Crippen LogP contribution in [-0.2, 0) is 0 Å². The maximum absolute atomic E-state index is 3.97. The van der Waals surface area contributed by atoms with E-state index in [-0.39, 0.29) is 0 Å². The Kier molecular flexibility index (Phi) is 5.22. The molecule has 0 aromatic heterocycles. The second kappa shape index (κ2) is 5.64. The zero-order valence-electron chi connectivity index (χ0n) is 10.1. The van der Waals surface area contributed by atoms with Gasteiger partial charge in [-0.1, -0.05) is 50.3 Å². The zero-order chi connectivity index (χ0) is 11.3. The molecule has 0 aliphatic carbocycles. The third-order valence-corrected chi connectivity index (χ3v) is 2.23. The van der Waals surface area contributed by atoms with Crippen LogP contribution in [0.2, 0.25) is 0 Å². The van der Waals surface area contributed by atoms with Crippen LogP contribution < -0.4 is 0 Å². The van der Waals surface area contributed by atoms with Gasteiger partial charge in [0.1, 0.15) is 0 Å². The average Bonchev–Trinajstić information content (AvgIpc) is 2.03. The van der Waals surface area contributed by atoms with Gasteiger partial charge < -0.3 is 0 Å². The Morgan fingerprint density at radius 3 is 1.71 bits per heavy atom. The number of hydrogen-bond acceptors (Lipinski definition) is 0. The minimum atomic E-state index is 0.550. The fraction of sp³-hybridized carbons (Fsp3) is 0.429. The van der Waals surface area contributed by atoms with Crippen LogP contribution in [0.4, 0.5) is 0 Å². The summed E-state index contributed by atoms with van der Waals surface area (Å²) in [4.78, 5) is 0. The first-order chi connectivity index (χ1) is 6.40. The molecular formula is C14H22. The molecule has 0 bridgehead atoms. The van der Waals surface area contributed by atoms with Gasteiger partial charge in [-0.15, -0.1) is 0 Å². The van der Waals surface area contributed by atoms with E-state index in [1.807, 2.05) is 13.8 Å². The lowest BCUT2D eigenvalue weighted by Gasteiger charge is -2.11. The van der Waals surface area contributed by atoms with E-state index in [9.17, 15) is 0 Å². The lowest BCUT2D eigenvalue weighted by molar-refractivity contribution is 0.788. The second-order valence-electron chi connectivity index (χ2n) is 4.06. The quantitative estimate of drug-likeness (QED) is 0.565. The van der Waals surface area contributed by atoms with Crippen LogP contribution in [0.5, 0.6) is 0 Å². The Hall–Kier alpha value is -1.04. The van der Waals surface area contributed by atoms with Gasteiger partial charge in [-0.3, -0.25) is 0 Å². The summed E-state index contributed by atoms with van der Waals surface area (Å²) >= 11 is 0. The second-order valence-corrected chi connectivity index (χ2v) is 4.06. The van der Waals surface area contributed by atoms with Crippen LogP contribution in [-0.4, -0.2) is 0 Å². The maximum atomic E-state index is 3.97. The van der Waals surface area contributed by atoms with E-state index in [4.69, 9.17) is 0 Å². The molecule has 0 amide bonds. The molecule has 0 spiro atoms. The van der Waals surface area contributed by atoms with Crippen molar-refractivity contribution in [3.05, 3.63) is 47.6 Å². The van der Waals surface area contributed by atoms with E-state index in [1.54, 1.807) is 0 Å². The van der Waals surface area contributed by atoms with Crippen molar-refractivity contribution >= 4 is 0 Å². The molecule has 0 heteroatoms. The molecule has 0 unspecified atom stereocenters. The van der Waals surface area contributed by atoms with E-state index < -0.39 is 0 Å². The van der Waals surface area contributed by atoms with Crippen molar-refractivity contribution in [2.24, 2.45) is 5.92 Å². The standard InChI is InChI=1S/C14H22/c1-8-13(10(2)3)9-14(11(4)5)12(6)7/h8-10H,4,6H2,1-3,5,7H3/b13-8+. The minimum absolute atomic E-state index is 0.550. The fourth-order valence-electron chi connectivity index (χ4n) is 1.36. The Morgan fingerprint density at radius 2 is 1.50 bits per heavy atom. The summed E-state index contributed by atoms with van der Waals surface area (Å²) in [6.45, 7) is 18.4. The van der Waals surface area contributed by atoms with E-state index >= 15 is 0 Å². The summed E-state index contributed by atoms with van der Waals surface area (Å²) in [5, 5.41) is 0. The van der Waals surface area contributed by atoms with Crippen molar-refractivity contribution < 1.29 is 0 Å². The highest BCUT2D eigenvalue weighted by atomic mass is 14.1. The van der Waals surface area contributed by atoms with Gasteiger partial charge in [-0.05, 0) is 37.8 Å². The summed E-state index contributed by atoms with van der Waals surface area (Å²) < 4.78 is 0. The smallest absolute Gasteiger partial charge is 0.0207 e. The molecule has 0 saturated carbocycles. The molecule has 0 aromatic carbocycles. The van der Waals surface area contributed by atoms with Crippen molar-refractivity contribution in [1.82, 2.24) is 0 Å². The largest absolute Gasteiger partial charge is 0.0955 e. The van der Waals surface area contributed by atoms with E-state index in [1.165, 1.54) is 11.1 Å². The number of rotatable bonds is 4. The van der Waals surface area contributed by atoms with E-state index in [0.29, 0.717) is 5.92 Å². The molecule has 78 valence electrons. The predicted octanol–water partition coefficient (Wildman–Crippen LogP) is 4.67. The molecular weight excluding hydrogens is 168 g/mol. The molecule has 0 radical (unpaired) electrons. The van der Waals surface area contributed by atoms with Crippen molar-refractivity contribution in [2.75, 3.05) is 0 Å². The monoisotopic (exact) mass is 190 g/mol. The molecule has 0 aliphatic heterocycles. The normalized spacial score (nSPS) is 11.4. The van der Waals surface area contributed by atoms with E-state index in [0.717, 1.165) is 11.1 Å². The summed E-state index contributed by atoms with van der Waals surface area (Å²) in [5.74, 6) is 0.550. The van der Waals surface area contributed by atoms with Crippen LogP contribution in [0.1, 0.15) is 34.6 Å². The molecule has 0 fully saturated rings. The molecule has 14 heavy (non-hydrogen) atoms. The Bertz CT molecular complexity index is 269. The molecule has 0 aromatic rings. The molecule has 0 saturated heterocycles. The summed E-state index contributed by atoms with van der Waals surface area (Å²) in [6.07, 6.45) is 4.34. The first-order valence-corrected chi connectivity index (χ1v) is 5.09. The lowest BCUT2D eigenvalue weighted by Crippen LogP contribution is -1.94. The average molecular weight is 190 g/mol. The summed E-state index contributed by atoms with van der Waals surface area (Å²) in [7, 11) is 0. The predicted molar refractivity (Wildman–Crippen MR) is 66.3 cm³/mol. The molecule has 0 rings (SSSR count). The SMILES string of the molecule is C=C(C)C(=C/C(=C\C)C(C)C)C(=C)C. The van der Waals surface area contributed by atoms with Crippen molar-refractivity contribution in [1.29, 1.82) is 0 Å². The Balaban J connectivity index is 5.10. The van der Waals surface area contributed by atoms with Crippen molar-refractivity contribution in [2.45, 2.75) is 34.6 Å². The van der Waals surface area contributed by atoms with Crippen LogP contribution in [0.15, 0.2) is 47.6 Å². The molecule has 0 N–H and O–H groups in total. The Morgan fingerprint density at radius 1 is 1.07 bits per heavy atom. The van der Waals surface area contributed by atoms with Crippen molar-refractivity contribution in [3.63, 3.8) is 0 Å². The lowest BCUT2D eigenvalue weighted by atomic mass is 9.95. The number of allylic oxidation sites excluding steroid dienone is 6. The van der Waals surface area contributed by atoms with Crippen LogP contribution in [0, 0.1) is 5.92 Å². The maximum Gasteiger partial charge on any atom is -0.0207 e. The zero-order valence-corrected chi connectivity index (χ0v) is 10.1. The van der Waals surface area contributed by atoms with Crippen LogP contribution >= 0.6 is 0 Å². The van der Waals surface area contributed by atoms with Gasteiger partial charge >= 0.3 is 0 Å². The highest BCUT2D eigenvalue weighted by Crippen LogP contribution is 2.21. The third kappa shape index (κ3) is 3.78. The van der Waals surface area contributed by atoms with Crippen LogP contribution in [0.25, 0.3) is 0 Å². The molecule has 0 aliphatic rings. The van der Waals surface area contributed by atoms with Gasteiger partial charge in [-0.2, -0.15) is 0 Å². The van der Waals surface area contributed by atoms with Gasteiger partial charge in [0.2, 0.25) is 0 Å². The highest BCUT2D eigenvalue weighted by Gasteiger charge is 2.03. The molecule has 0 heterocycles. The van der Waals surface area contributed by atoms with Gasteiger partial charge in [0.05, 0.1) is 0 Å². The topological polar surface area (TPSA) is 0 Å². The van der Waals surface area contributed by atoms with Crippen molar-refractivity contribution in [3.8, 4) is 0 Å². The van der Waals surface area contributed by atoms with Gasteiger partial charge in [0.25, 0.3) is 0 Å². The van der Waals surface area contributed by atoms with Gasteiger partial charge in [0.15, 0.2) is 0 Å². The summed E-state index contributed by atoms with van der Waals surface area (Å²) in [6, 6.07) is 0. The van der Waals surface area contributed by atoms with E-state index in [2.05, 4.69) is 46.1 Å². The minimum Gasteiger partial charge on any atom is -0.0955 e. The summed E-state index contributed by atoms with van der Waals surface area (Å²) in [5.41, 5.74) is 4.67. The first-order valence-electron chi connectivity index (χ1n) is 5.09. The molecule has 0 nitrogen and oxygen atoms in total. The fourth-order valence-corrected chi connectivity index (χ4v) is 1.36. The number of hydrogen-bond donors (Lipinski definition) is 0. The van der Waals surface area contributed by atoms with Crippen LogP contribution in [0.3, 0.4) is 0 Å².